The van der Waals surface area contributed by atoms with Gasteiger partial charge >= 0.3 is 0 Å². The average Bonchev–Trinajstić information content (AvgIpc) is 2.56. The van der Waals surface area contributed by atoms with Crippen LogP contribution in [-0.2, 0) is 17.6 Å². The zero-order valence-electron chi connectivity index (χ0n) is 13.0. The molecule has 0 spiro atoms. The number of amides is 1. The van der Waals surface area contributed by atoms with Crippen molar-refractivity contribution in [3.8, 4) is 0 Å². The Balaban J connectivity index is 1.97. The fourth-order valence-electron chi connectivity index (χ4n) is 3.14. The molecule has 116 valence electrons. The predicted octanol–water partition coefficient (Wildman–Crippen LogP) is 2.88. The number of aryl methyl sites for hydroxylation is 1. The number of hydrogen-bond acceptors (Lipinski definition) is 3. The summed E-state index contributed by atoms with van der Waals surface area (Å²) in [6.45, 7) is 1.30. The van der Waals surface area contributed by atoms with Gasteiger partial charge in [-0.2, -0.15) is 0 Å². The Labute approximate surface area is 130 Å². The van der Waals surface area contributed by atoms with Crippen LogP contribution in [0.4, 0.5) is 0 Å². The van der Waals surface area contributed by atoms with Gasteiger partial charge in [-0.25, -0.2) is 0 Å². The second-order valence-electron chi connectivity index (χ2n) is 5.74. The largest absolute Gasteiger partial charge is 0.385 e. The van der Waals surface area contributed by atoms with Crippen LogP contribution in [0.25, 0.3) is 10.9 Å². The van der Waals surface area contributed by atoms with Gasteiger partial charge in [0.1, 0.15) is 0 Å². The summed E-state index contributed by atoms with van der Waals surface area (Å²) in [4.78, 5) is 17.5. The van der Waals surface area contributed by atoms with E-state index in [4.69, 9.17) is 9.72 Å². The Hall–Kier alpha value is -1.94. The Morgan fingerprint density at radius 1 is 1.27 bits per heavy atom. The highest BCUT2D eigenvalue weighted by atomic mass is 16.5. The van der Waals surface area contributed by atoms with E-state index in [9.17, 15) is 4.79 Å². The van der Waals surface area contributed by atoms with Gasteiger partial charge in [-0.15, -0.1) is 0 Å². The molecule has 0 unspecified atom stereocenters. The molecule has 1 aromatic heterocycles. The highest BCUT2D eigenvalue weighted by Gasteiger charge is 2.22. The summed E-state index contributed by atoms with van der Waals surface area (Å²) in [5, 5.41) is 3.99. The third-order valence-corrected chi connectivity index (χ3v) is 4.21. The lowest BCUT2D eigenvalue weighted by Crippen LogP contribution is -2.27. The second-order valence-corrected chi connectivity index (χ2v) is 5.74. The van der Waals surface area contributed by atoms with Gasteiger partial charge in [0.05, 0.1) is 11.1 Å². The Morgan fingerprint density at radius 3 is 2.95 bits per heavy atom. The number of nitrogens with zero attached hydrogens (tertiary/aromatic N) is 1. The maximum Gasteiger partial charge on any atom is 0.252 e. The number of para-hydroxylation sites is 1. The molecule has 22 heavy (non-hydrogen) atoms. The SMILES string of the molecule is COCCCNC(=O)c1c2c(nc3ccccc13)CCCC2. The summed E-state index contributed by atoms with van der Waals surface area (Å²) in [6.07, 6.45) is 5.05. The van der Waals surface area contributed by atoms with Crippen molar-refractivity contribution in [3.63, 3.8) is 0 Å². The molecule has 3 rings (SSSR count). The van der Waals surface area contributed by atoms with Gasteiger partial charge in [-0.1, -0.05) is 18.2 Å². The van der Waals surface area contributed by atoms with Gasteiger partial charge in [0, 0.05) is 31.3 Å². The molecule has 0 radical (unpaired) electrons. The standard InChI is InChI=1S/C18H22N2O2/c1-22-12-6-11-19-18(21)17-13-7-2-4-9-15(13)20-16-10-5-3-8-14(16)17/h2,4,7,9H,3,5-6,8,10-12H2,1H3,(H,19,21). The summed E-state index contributed by atoms with van der Waals surface area (Å²) >= 11 is 0. The molecular weight excluding hydrogens is 276 g/mol. The number of benzene rings is 1. The fraction of sp³-hybridized carbons (Fsp3) is 0.444. The lowest BCUT2D eigenvalue weighted by Gasteiger charge is -2.20. The monoisotopic (exact) mass is 298 g/mol. The average molecular weight is 298 g/mol. The van der Waals surface area contributed by atoms with Crippen molar-refractivity contribution in [2.24, 2.45) is 0 Å². The molecule has 1 aliphatic carbocycles. The van der Waals surface area contributed by atoms with E-state index in [1.807, 2.05) is 24.3 Å². The van der Waals surface area contributed by atoms with Gasteiger partial charge in [0.2, 0.25) is 0 Å². The predicted molar refractivity (Wildman–Crippen MR) is 87.2 cm³/mol. The minimum absolute atomic E-state index is 0.0212. The van der Waals surface area contributed by atoms with E-state index in [2.05, 4.69) is 5.32 Å². The highest BCUT2D eigenvalue weighted by Crippen LogP contribution is 2.29. The number of aromatic nitrogens is 1. The highest BCUT2D eigenvalue weighted by molar-refractivity contribution is 6.07. The molecule has 1 heterocycles. The normalized spacial score (nSPS) is 13.9. The van der Waals surface area contributed by atoms with Crippen LogP contribution < -0.4 is 5.32 Å². The molecule has 1 aromatic carbocycles. The molecule has 1 amide bonds. The first kappa shape index (κ1) is 15.0. The number of fused-ring (bicyclic) bond motifs is 2. The Bertz CT molecular complexity index is 682. The van der Waals surface area contributed by atoms with Crippen LogP contribution in [0.1, 0.15) is 40.9 Å². The van der Waals surface area contributed by atoms with Gasteiger partial charge in [-0.05, 0) is 43.7 Å². The lowest BCUT2D eigenvalue weighted by molar-refractivity contribution is 0.0949. The number of nitrogens with one attached hydrogen (secondary N) is 1. The van der Waals surface area contributed by atoms with Gasteiger partial charge in [0.15, 0.2) is 0 Å². The Kier molecular flexibility index (Phi) is 4.68. The minimum Gasteiger partial charge on any atom is -0.385 e. The van der Waals surface area contributed by atoms with Crippen LogP contribution in [0.5, 0.6) is 0 Å². The number of carbonyl (C=O) groups is 1. The molecule has 0 fully saturated rings. The topological polar surface area (TPSA) is 51.2 Å². The van der Waals surface area contributed by atoms with Gasteiger partial charge < -0.3 is 10.1 Å². The fourth-order valence-corrected chi connectivity index (χ4v) is 3.14. The molecule has 4 nitrogen and oxygen atoms in total. The summed E-state index contributed by atoms with van der Waals surface area (Å²) in [5.74, 6) is 0.0212. The van der Waals surface area contributed by atoms with Gasteiger partial charge in [0.25, 0.3) is 5.91 Å². The van der Waals surface area contributed by atoms with Crippen molar-refractivity contribution in [1.82, 2.24) is 10.3 Å². The van der Waals surface area contributed by atoms with Crippen LogP contribution in [0.15, 0.2) is 24.3 Å². The maximum absolute atomic E-state index is 12.7. The number of pyridine rings is 1. The molecule has 1 aliphatic rings. The summed E-state index contributed by atoms with van der Waals surface area (Å²) in [5.41, 5.74) is 4.00. The van der Waals surface area contributed by atoms with Gasteiger partial charge in [-0.3, -0.25) is 9.78 Å². The van der Waals surface area contributed by atoms with Crippen molar-refractivity contribution in [2.75, 3.05) is 20.3 Å². The zero-order chi connectivity index (χ0) is 15.4. The van der Waals surface area contributed by atoms with Crippen LogP contribution in [0.2, 0.25) is 0 Å². The van der Waals surface area contributed by atoms with Crippen LogP contribution in [0.3, 0.4) is 0 Å². The second kappa shape index (κ2) is 6.88. The smallest absolute Gasteiger partial charge is 0.252 e. The van der Waals surface area contributed by atoms with Crippen molar-refractivity contribution in [1.29, 1.82) is 0 Å². The first-order valence-electron chi connectivity index (χ1n) is 7.99. The number of rotatable bonds is 5. The van der Waals surface area contributed by atoms with Crippen LogP contribution >= 0.6 is 0 Å². The van der Waals surface area contributed by atoms with Crippen molar-refractivity contribution in [2.45, 2.75) is 32.1 Å². The Morgan fingerprint density at radius 2 is 2.09 bits per heavy atom. The summed E-state index contributed by atoms with van der Waals surface area (Å²) < 4.78 is 5.03. The molecule has 0 bridgehead atoms. The van der Waals surface area contributed by atoms with E-state index < -0.39 is 0 Å². The van der Waals surface area contributed by atoms with E-state index in [1.54, 1.807) is 7.11 Å². The first-order chi connectivity index (χ1) is 10.8. The third kappa shape index (κ3) is 2.97. The molecule has 0 atom stereocenters. The molecule has 1 N–H and O–H groups in total. The maximum atomic E-state index is 12.7. The van der Waals surface area contributed by atoms with E-state index in [1.165, 1.54) is 0 Å². The van der Waals surface area contributed by atoms with E-state index in [0.717, 1.165) is 59.8 Å². The van der Waals surface area contributed by atoms with Crippen molar-refractivity contribution >= 4 is 16.8 Å². The van der Waals surface area contributed by atoms with E-state index in [0.29, 0.717) is 13.2 Å². The zero-order valence-corrected chi connectivity index (χ0v) is 13.0. The molecule has 2 aromatic rings. The number of methoxy groups -OCH3 is 1. The first-order valence-corrected chi connectivity index (χ1v) is 7.99. The molecular formula is C18H22N2O2. The third-order valence-electron chi connectivity index (χ3n) is 4.21. The van der Waals surface area contributed by atoms with E-state index in [-0.39, 0.29) is 5.91 Å². The van der Waals surface area contributed by atoms with Crippen molar-refractivity contribution in [3.05, 3.63) is 41.1 Å². The summed E-state index contributed by atoms with van der Waals surface area (Å²) in [7, 11) is 1.68. The molecule has 0 saturated carbocycles. The quantitative estimate of drug-likeness (QED) is 0.864. The number of ether oxygens (including phenoxy) is 1. The van der Waals surface area contributed by atoms with Crippen LogP contribution in [-0.4, -0.2) is 31.2 Å². The van der Waals surface area contributed by atoms with Crippen molar-refractivity contribution < 1.29 is 9.53 Å². The minimum atomic E-state index is 0.0212. The van der Waals surface area contributed by atoms with E-state index >= 15 is 0 Å². The molecule has 0 saturated heterocycles. The number of carbonyl (C=O) groups excluding carboxylic acids is 1. The summed E-state index contributed by atoms with van der Waals surface area (Å²) in [6, 6.07) is 7.94. The molecule has 0 aliphatic heterocycles. The lowest BCUT2D eigenvalue weighted by atomic mass is 9.89. The molecule has 4 heteroatoms. The number of hydrogen-bond donors (Lipinski definition) is 1. The van der Waals surface area contributed by atoms with Crippen LogP contribution in [0, 0.1) is 0 Å².